The number of nitrogens with one attached hydrogen (secondary N) is 1. The van der Waals surface area contributed by atoms with Gasteiger partial charge in [0.1, 0.15) is 18.2 Å². The van der Waals surface area contributed by atoms with E-state index >= 15 is 0 Å². The van der Waals surface area contributed by atoms with Crippen molar-refractivity contribution in [1.82, 2.24) is 10.2 Å². The molecule has 2 aromatic carbocycles. The molecular formula is C24H30ClN3O5. The van der Waals surface area contributed by atoms with E-state index < -0.39 is 17.4 Å². The van der Waals surface area contributed by atoms with Gasteiger partial charge in [-0.05, 0) is 23.3 Å². The van der Waals surface area contributed by atoms with Gasteiger partial charge in [-0.15, -0.1) is 16.5 Å². The number of nitroso groups, excluding NO2 is 1. The molecule has 0 saturated carbocycles. The molecule has 0 fully saturated rings. The van der Waals surface area contributed by atoms with Crippen molar-refractivity contribution < 1.29 is 19.4 Å². The molecule has 0 heterocycles. The number of rotatable bonds is 13. The molecule has 1 unspecified atom stereocenters. The Bertz CT molecular complexity index is 906. The van der Waals surface area contributed by atoms with E-state index in [0.29, 0.717) is 5.75 Å². The van der Waals surface area contributed by atoms with Gasteiger partial charge in [-0.2, -0.15) is 0 Å². The zero-order valence-electron chi connectivity index (χ0n) is 18.9. The van der Waals surface area contributed by atoms with E-state index in [1.165, 1.54) is 4.90 Å². The van der Waals surface area contributed by atoms with Crippen LogP contribution >= 0.6 is 11.6 Å². The second-order valence-electron chi connectivity index (χ2n) is 8.20. The normalized spacial score (nSPS) is 12.0. The quantitative estimate of drug-likeness (QED) is 0.342. The van der Waals surface area contributed by atoms with Gasteiger partial charge in [0.25, 0.3) is 0 Å². The van der Waals surface area contributed by atoms with Crippen molar-refractivity contribution in [3.63, 3.8) is 0 Å². The minimum Gasteiger partial charge on any atom is -0.492 e. The van der Waals surface area contributed by atoms with Crippen LogP contribution in [0.3, 0.4) is 0 Å². The summed E-state index contributed by atoms with van der Waals surface area (Å²) < 4.78 is 5.76. The summed E-state index contributed by atoms with van der Waals surface area (Å²) in [5.41, 5.74) is 1.20. The first-order valence-electron chi connectivity index (χ1n) is 10.7. The molecular weight excluding hydrogens is 446 g/mol. The van der Waals surface area contributed by atoms with Crippen molar-refractivity contribution in [2.45, 2.75) is 19.9 Å². The smallest absolute Gasteiger partial charge is 0.249 e. The highest BCUT2D eigenvalue weighted by molar-refractivity contribution is 6.27. The number of aliphatic hydroxyl groups excluding tert-OH is 1. The molecule has 0 aromatic heterocycles. The van der Waals surface area contributed by atoms with Crippen LogP contribution in [0.2, 0.25) is 0 Å². The fourth-order valence-electron chi connectivity index (χ4n) is 3.14. The molecule has 0 aliphatic carbocycles. The lowest BCUT2D eigenvalue weighted by molar-refractivity contribution is -0.130. The summed E-state index contributed by atoms with van der Waals surface area (Å²) >= 11 is 5.71. The van der Waals surface area contributed by atoms with Crippen LogP contribution in [0.15, 0.2) is 59.8 Å². The Hall–Kier alpha value is -2.97. The summed E-state index contributed by atoms with van der Waals surface area (Å²) in [6.07, 6.45) is 0. The maximum absolute atomic E-state index is 12.3. The summed E-state index contributed by atoms with van der Waals surface area (Å²) in [5, 5.41) is 14.8. The number of alkyl halides is 1. The number of hydrogen-bond donors (Lipinski definition) is 2. The fraction of sp³-hybridized carbons (Fsp3) is 0.417. The van der Waals surface area contributed by atoms with Crippen LogP contribution in [0, 0.1) is 10.3 Å². The van der Waals surface area contributed by atoms with E-state index in [9.17, 15) is 19.6 Å². The highest BCUT2D eigenvalue weighted by Crippen LogP contribution is 2.23. The number of aliphatic hydroxyl groups is 1. The lowest BCUT2D eigenvalue weighted by Gasteiger charge is -2.27. The SMILES string of the molecule is CC(C)(CO)C(N=O)C(=O)NCCN(CCOc1ccc(-c2ccccc2)cc1)C(=O)CCl. The van der Waals surface area contributed by atoms with Gasteiger partial charge in [-0.25, -0.2) is 0 Å². The molecule has 0 radical (unpaired) electrons. The third kappa shape index (κ3) is 7.83. The first-order chi connectivity index (χ1) is 15.8. The molecule has 33 heavy (non-hydrogen) atoms. The lowest BCUT2D eigenvalue weighted by atomic mass is 9.85. The van der Waals surface area contributed by atoms with Gasteiger partial charge in [0.15, 0.2) is 6.04 Å². The predicted molar refractivity (Wildman–Crippen MR) is 128 cm³/mol. The monoisotopic (exact) mass is 475 g/mol. The molecule has 0 spiro atoms. The number of hydrogen-bond acceptors (Lipinski definition) is 6. The molecule has 1 atom stereocenters. The summed E-state index contributed by atoms with van der Waals surface area (Å²) in [6, 6.07) is 16.4. The number of carbonyl (C=O) groups excluding carboxylic acids is 2. The van der Waals surface area contributed by atoms with Crippen LogP contribution in [0.1, 0.15) is 13.8 Å². The summed E-state index contributed by atoms with van der Waals surface area (Å²) in [7, 11) is 0. The lowest BCUT2D eigenvalue weighted by Crippen LogP contribution is -2.47. The molecule has 0 bridgehead atoms. The van der Waals surface area contributed by atoms with E-state index in [1.54, 1.807) is 13.8 Å². The summed E-state index contributed by atoms with van der Waals surface area (Å²) in [6.45, 7) is 3.62. The third-order valence-corrected chi connectivity index (χ3v) is 5.47. The van der Waals surface area contributed by atoms with E-state index in [1.807, 2.05) is 54.6 Å². The minimum absolute atomic E-state index is 0.112. The Morgan fingerprint density at radius 1 is 1.09 bits per heavy atom. The topological polar surface area (TPSA) is 108 Å². The summed E-state index contributed by atoms with van der Waals surface area (Å²) in [4.78, 5) is 37.0. The molecule has 0 aliphatic rings. The zero-order valence-corrected chi connectivity index (χ0v) is 19.6. The number of amides is 2. The minimum atomic E-state index is -1.23. The van der Waals surface area contributed by atoms with Gasteiger partial charge in [-0.1, -0.05) is 61.5 Å². The third-order valence-electron chi connectivity index (χ3n) is 5.24. The standard InChI is InChI=1S/C24H30ClN3O5/c1-24(2,17-29)22(27-32)23(31)26-12-13-28(21(30)16-25)14-15-33-20-10-8-19(9-11-20)18-6-4-3-5-7-18/h3-11,22,29H,12-17H2,1-2H3,(H,26,31). The molecule has 9 heteroatoms. The predicted octanol–water partition coefficient (Wildman–Crippen LogP) is 3.07. The van der Waals surface area contributed by atoms with E-state index in [4.69, 9.17) is 16.3 Å². The van der Waals surface area contributed by atoms with Gasteiger partial charge in [0.05, 0.1) is 13.2 Å². The van der Waals surface area contributed by atoms with Gasteiger partial charge in [0.2, 0.25) is 11.8 Å². The number of nitrogens with zero attached hydrogens (tertiary/aromatic N) is 2. The van der Waals surface area contributed by atoms with E-state index in [2.05, 4.69) is 10.5 Å². The van der Waals surface area contributed by atoms with Gasteiger partial charge < -0.3 is 20.1 Å². The number of carbonyl (C=O) groups is 2. The summed E-state index contributed by atoms with van der Waals surface area (Å²) in [5.74, 6) is -0.422. The Labute approximate surface area is 198 Å². The highest BCUT2D eigenvalue weighted by atomic mass is 35.5. The second-order valence-corrected chi connectivity index (χ2v) is 8.47. The van der Waals surface area contributed by atoms with Gasteiger partial charge >= 0.3 is 0 Å². The van der Waals surface area contributed by atoms with Crippen molar-refractivity contribution in [2.24, 2.45) is 10.6 Å². The molecule has 2 N–H and O–H groups in total. The fourth-order valence-corrected chi connectivity index (χ4v) is 3.31. The van der Waals surface area contributed by atoms with Crippen molar-refractivity contribution in [1.29, 1.82) is 0 Å². The number of ether oxygens (including phenoxy) is 1. The van der Waals surface area contributed by atoms with Crippen LogP contribution in [0.4, 0.5) is 0 Å². The second kappa shape index (κ2) is 12.9. The number of benzene rings is 2. The van der Waals surface area contributed by atoms with Crippen molar-refractivity contribution in [3.05, 3.63) is 59.5 Å². The largest absolute Gasteiger partial charge is 0.492 e. The Morgan fingerprint density at radius 3 is 2.30 bits per heavy atom. The Balaban J connectivity index is 1.85. The van der Waals surface area contributed by atoms with Crippen molar-refractivity contribution in [3.8, 4) is 16.9 Å². The first-order valence-corrected chi connectivity index (χ1v) is 11.2. The molecule has 2 aromatic rings. The molecule has 0 saturated heterocycles. The molecule has 2 rings (SSSR count). The van der Waals surface area contributed by atoms with E-state index in [0.717, 1.165) is 11.1 Å². The van der Waals surface area contributed by atoms with Crippen LogP contribution < -0.4 is 10.1 Å². The first kappa shape index (κ1) is 26.3. The van der Waals surface area contributed by atoms with E-state index in [-0.39, 0.29) is 44.6 Å². The van der Waals surface area contributed by atoms with Gasteiger partial charge in [0, 0.05) is 18.5 Å². The zero-order chi connectivity index (χ0) is 24.3. The highest BCUT2D eigenvalue weighted by Gasteiger charge is 2.36. The van der Waals surface area contributed by atoms with Crippen LogP contribution in [-0.2, 0) is 9.59 Å². The van der Waals surface area contributed by atoms with Gasteiger partial charge in [-0.3, -0.25) is 9.59 Å². The Morgan fingerprint density at radius 2 is 1.73 bits per heavy atom. The number of halogens is 1. The maximum atomic E-state index is 12.3. The Kier molecular flexibility index (Phi) is 10.3. The average molecular weight is 476 g/mol. The molecule has 178 valence electrons. The van der Waals surface area contributed by atoms with Crippen LogP contribution in [0.25, 0.3) is 11.1 Å². The van der Waals surface area contributed by atoms with Crippen molar-refractivity contribution >= 4 is 23.4 Å². The molecule has 8 nitrogen and oxygen atoms in total. The van der Waals surface area contributed by atoms with Crippen LogP contribution in [-0.4, -0.2) is 66.6 Å². The average Bonchev–Trinajstić information content (AvgIpc) is 2.83. The van der Waals surface area contributed by atoms with Crippen molar-refractivity contribution in [2.75, 3.05) is 38.7 Å². The maximum Gasteiger partial charge on any atom is 0.249 e. The molecule has 0 aliphatic heterocycles. The molecule has 2 amide bonds. The van der Waals surface area contributed by atoms with Crippen LogP contribution in [0.5, 0.6) is 5.75 Å².